The van der Waals surface area contributed by atoms with Crippen LogP contribution in [0.5, 0.6) is 11.5 Å². The monoisotopic (exact) mass is 647 g/mol. The molecular weight excluding hydrogens is 590 g/mol. The van der Waals surface area contributed by atoms with Crippen molar-refractivity contribution in [2.45, 2.75) is 75.7 Å². The average molecular weight is 648 g/mol. The zero-order valence-corrected chi connectivity index (χ0v) is 30.6. The molecule has 3 aromatic rings. The van der Waals surface area contributed by atoms with E-state index >= 15 is 0 Å². The van der Waals surface area contributed by atoms with Gasteiger partial charge in [0.2, 0.25) is 0 Å². The maximum atomic E-state index is 13.4. The van der Waals surface area contributed by atoms with Gasteiger partial charge in [-0.2, -0.15) is 0 Å². The molecule has 258 valence electrons. The topological polar surface area (TPSA) is 102 Å². The van der Waals surface area contributed by atoms with E-state index in [1.165, 1.54) is 11.1 Å². The molecule has 1 aliphatic rings. The first-order chi connectivity index (χ1) is 22.9. The van der Waals surface area contributed by atoms with Gasteiger partial charge in [-0.1, -0.05) is 73.1 Å². The third-order valence-electron chi connectivity index (χ3n) is 6.04. The van der Waals surface area contributed by atoms with Gasteiger partial charge in [0.05, 0.1) is 31.8 Å². The normalized spacial score (nSPS) is 10.9. The average Bonchev–Trinajstić information content (AvgIpc) is 3.16. The summed E-state index contributed by atoms with van der Waals surface area (Å²) in [6, 6.07) is 15.3. The van der Waals surface area contributed by atoms with Crippen molar-refractivity contribution in [3.63, 3.8) is 0 Å². The minimum atomic E-state index is -0.250. The maximum Gasteiger partial charge on any atom is 0.290 e. The van der Waals surface area contributed by atoms with Gasteiger partial charge in [0.25, 0.3) is 12.4 Å². The van der Waals surface area contributed by atoms with E-state index in [4.69, 9.17) is 29.3 Å². The number of methoxy groups -OCH3 is 2. The summed E-state index contributed by atoms with van der Waals surface area (Å²) in [6.07, 6.45) is 14.5. The third kappa shape index (κ3) is 15.3. The fraction of sp³-hybridized carbons (Fsp3) is 0.385. The lowest BCUT2D eigenvalue weighted by Crippen LogP contribution is -2.37. The molecule has 0 saturated heterocycles. The van der Waals surface area contributed by atoms with E-state index in [1.54, 1.807) is 20.4 Å². The Bertz CT molecular complexity index is 1330. The van der Waals surface area contributed by atoms with Gasteiger partial charge >= 0.3 is 0 Å². The predicted molar refractivity (Wildman–Crippen MR) is 198 cm³/mol. The minimum absolute atomic E-state index is 0.113. The molecule has 0 atom stereocenters. The summed E-state index contributed by atoms with van der Waals surface area (Å²) >= 11 is 0. The van der Waals surface area contributed by atoms with Crippen molar-refractivity contribution in [2.24, 2.45) is 0 Å². The van der Waals surface area contributed by atoms with Crippen LogP contribution in [0.2, 0.25) is 0 Å². The van der Waals surface area contributed by atoms with Crippen molar-refractivity contribution in [1.29, 1.82) is 0 Å². The number of carbonyl (C=O) groups excluding carboxylic acids is 1. The summed E-state index contributed by atoms with van der Waals surface area (Å²) < 4.78 is 10.6. The molecule has 0 radical (unpaired) electrons. The molecule has 2 heterocycles. The molecule has 8 heteroatoms. The Morgan fingerprint density at radius 3 is 1.66 bits per heavy atom. The molecule has 2 aromatic carbocycles. The van der Waals surface area contributed by atoms with Crippen molar-refractivity contribution in [2.75, 3.05) is 27.3 Å². The largest absolute Gasteiger partial charge is 0.497 e. The quantitative estimate of drug-likeness (QED) is 0.210. The summed E-state index contributed by atoms with van der Waals surface area (Å²) in [5.74, 6) is 1.40. The van der Waals surface area contributed by atoms with Gasteiger partial charge in [-0.25, -0.2) is 4.98 Å². The van der Waals surface area contributed by atoms with Crippen LogP contribution in [0.1, 0.15) is 86.1 Å². The molecule has 0 spiro atoms. The molecule has 1 amide bonds. The van der Waals surface area contributed by atoms with Crippen LogP contribution in [-0.4, -0.2) is 59.7 Å². The van der Waals surface area contributed by atoms with E-state index in [0.29, 0.717) is 30.2 Å². The second kappa shape index (κ2) is 29.8. The molecule has 8 nitrogen and oxygen atoms in total. The number of hydrogen-bond acceptors (Lipinski definition) is 6. The van der Waals surface area contributed by atoms with Crippen LogP contribution in [-0.2, 0) is 4.79 Å². The van der Waals surface area contributed by atoms with Gasteiger partial charge in [0.15, 0.2) is 0 Å². The van der Waals surface area contributed by atoms with Gasteiger partial charge in [-0.3, -0.25) is 14.6 Å². The van der Waals surface area contributed by atoms with Crippen molar-refractivity contribution in [1.82, 2.24) is 14.9 Å². The van der Waals surface area contributed by atoms with Crippen LogP contribution in [0.25, 0.3) is 22.5 Å². The van der Waals surface area contributed by atoms with Crippen molar-refractivity contribution in [3.05, 3.63) is 83.7 Å². The van der Waals surface area contributed by atoms with Crippen LogP contribution in [0, 0.1) is 12.8 Å². The lowest BCUT2D eigenvalue weighted by Gasteiger charge is -2.29. The molecule has 0 fully saturated rings. The lowest BCUT2D eigenvalue weighted by molar-refractivity contribution is -0.122. The third-order valence-corrected chi connectivity index (χ3v) is 6.04. The molecule has 1 N–H and O–H groups in total. The Labute approximate surface area is 284 Å². The summed E-state index contributed by atoms with van der Waals surface area (Å²) in [6.45, 7) is 21.1. The van der Waals surface area contributed by atoms with Crippen molar-refractivity contribution in [3.8, 4) is 46.9 Å². The zero-order valence-electron chi connectivity index (χ0n) is 30.6. The molecule has 4 rings (SSSR count). The first-order valence-corrected chi connectivity index (χ1v) is 16.1. The van der Waals surface area contributed by atoms with Crippen molar-refractivity contribution < 1.29 is 24.2 Å². The number of rotatable bonds is 6. The SMILES string of the molecule is C#C.C/C=C\C1=C(C)CCN(C(=O)c2cnc(-c3ccc(OC)cc3)c(-c3ccc(OC)cc3)n2)C1.CC.CC.CC.CC.O=CO. The minimum Gasteiger partial charge on any atom is -0.497 e. The van der Waals surface area contributed by atoms with Crippen LogP contribution >= 0.6 is 0 Å². The van der Waals surface area contributed by atoms with Crippen LogP contribution in [0.15, 0.2) is 78.0 Å². The smallest absolute Gasteiger partial charge is 0.290 e. The van der Waals surface area contributed by atoms with E-state index < -0.39 is 0 Å². The van der Waals surface area contributed by atoms with Crippen LogP contribution in [0.3, 0.4) is 0 Å². The van der Waals surface area contributed by atoms with Crippen LogP contribution in [0.4, 0.5) is 0 Å². The van der Waals surface area contributed by atoms with Gasteiger partial charge in [-0.15, -0.1) is 12.8 Å². The number of nitrogens with zero attached hydrogens (tertiary/aromatic N) is 3. The summed E-state index contributed by atoms with van der Waals surface area (Å²) in [4.78, 5) is 33.1. The van der Waals surface area contributed by atoms with E-state index in [0.717, 1.165) is 29.0 Å². The molecule has 0 bridgehead atoms. The molecule has 0 saturated carbocycles. The fourth-order valence-corrected chi connectivity index (χ4v) is 4.02. The summed E-state index contributed by atoms with van der Waals surface area (Å²) in [7, 11) is 3.27. The molecular formula is C39H57N3O5. The number of allylic oxidation sites excluding steroid dienone is 1. The molecule has 0 unspecified atom stereocenters. The van der Waals surface area contributed by atoms with Gasteiger partial charge in [0.1, 0.15) is 17.2 Å². The highest BCUT2D eigenvalue weighted by atomic mass is 16.5. The maximum absolute atomic E-state index is 13.4. The Morgan fingerprint density at radius 2 is 1.26 bits per heavy atom. The first-order valence-electron chi connectivity index (χ1n) is 16.1. The van der Waals surface area contributed by atoms with Gasteiger partial charge < -0.3 is 19.5 Å². The number of amides is 1. The van der Waals surface area contributed by atoms with Crippen LogP contribution < -0.4 is 9.47 Å². The second-order valence-electron chi connectivity index (χ2n) is 8.30. The molecule has 1 aromatic heterocycles. The Balaban J connectivity index is -0.00000132. The number of hydrogen-bond donors (Lipinski definition) is 1. The number of carboxylic acid groups (broad SMARTS) is 1. The number of terminal acetylenes is 1. The fourth-order valence-electron chi connectivity index (χ4n) is 4.02. The van der Waals surface area contributed by atoms with E-state index in [9.17, 15) is 4.79 Å². The molecule has 1 aliphatic heterocycles. The summed E-state index contributed by atoms with van der Waals surface area (Å²) in [5, 5.41) is 6.89. The lowest BCUT2D eigenvalue weighted by atomic mass is 10.0. The second-order valence-corrected chi connectivity index (χ2v) is 8.30. The number of ether oxygens (including phenoxy) is 2. The number of carbonyl (C=O) groups is 2. The highest BCUT2D eigenvalue weighted by molar-refractivity contribution is 5.94. The van der Waals surface area contributed by atoms with E-state index in [1.807, 2.05) is 122 Å². The number of benzene rings is 2. The standard InChI is InChI=1S/C28H29N3O3.4C2H6.C2H2.CH2O2/c1-5-6-22-18-31(16-15-19(22)2)28(32)25-17-29-26(20-7-11-23(33-3)12-8-20)27(30-25)21-9-13-24(34-4)14-10-21;5*1-2;2-1-3/h5-14,17H,15-16,18H2,1-4H3;4*1-2H3;1-2H;1H,(H,2,3)/b6-5-;;;;;;. The first kappa shape index (κ1) is 46.5. The Kier molecular flexibility index (Phi) is 29.5. The Morgan fingerprint density at radius 1 is 0.830 bits per heavy atom. The Hall–Kier alpha value is -4.90. The highest BCUT2D eigenvalue weighted by Gasteiger charge is 2.24. The highest BCUT2D eigenvalue weighted by Crippen LogP contribution is 2.31. The van der Waals surface area contributed by atoms with Gasteiger partial charge in [-0.05, 0) is 74.4 Å². The predicted octanol–water partition coefficient (Wildman–Crippen LogP) is 9.62. The van der Waals surface area contributed by atoms with E-state index in [-0.39, 0.29) is 12.4 Å². The van der Waals surface area contributed by atoms with Gasteiger partial charge in [0, 0.05) is 24.2 Å². The van der Waals surface area contributed by atoms with Crippen molar-refractivity contribution >= 4 is 12.4 Å². The number of aromatic nitrogens is 2. The zero-order chi connectivity index (χ0) is 36.8. The molecule has 47 heavy (non-hydrogen) atoms. The van der Waals surface area contributed by atoms with E-state index in [2.05, 4.69) is 25.8 Å². The summed E-state index contributed by atoms with van der Waals surface area (Å²) in [5.41, 5.74) is 5.94. The molecule has 0 aliphatic carbocycles.